The van der Waals surface area contributed by atoms with Crippen LogP contribution in [-0.2, 0) is 22.7 Å². The molecule has 3 aromatic carbocycles. The first-order valence-corrected chi connectivity index (χ1v) is 10.2. The zero-order valence-electron chi connectivity index (χ0n) is 18.4. The Balaban J connectivity index is 1.49. The molecule has 0 spiro atoms. The molecule has 170 valence electrons. The number of methoxy groups -OCH3 is 2. The van der Waals surface area contributed by atoms with Crippen LogP contribution in [0.25, 0.3) is 0 Å². The van der Waals surface area contributed by atoms with E-state index in [2.05, 4.69) is 15.8 Å². The molecule has 0 saturated carbocycles. The van der Waals surface area contributed by atoms with Crippen molar-refractivity contribution in [2.24, 2.45) is 5.10 Å². The van der Waals surface area contributed by atoms with Crippen LogP contribution in [0.3, 0.4) is 0 Å². The van der Waals surface area contributed by atoms with Crippen LogP contribution in [0.5, 0.6) is 17.2 Å². The molecule has 8 nitrogen and oxygen atoms in total. The number of hydrogen-bond donors (Lipinski definition) is 2. The van der Waals surface area contributed by atoms with Gasteiger partial charge in [0.05, 0.1) is 20.4 Å². The molecule has 0 aliphatic heterocycles. The molecule has 0 aromatic heterocycles. The van der Waals surface area contributed by atoms with Crippen LogP contribution in [0.15, 0.2) is 77.9 Å². The SMILES string of the molecule is COc1ccc(CNC(=O)C(=O)N/N=C\c2ccc(OCc3ccccc3)c(OC)c2)cc1. The summed E-state index contributed by atoms with van der Waals surface area (Å²) in [6.07, 6.45) is 1.41. The quantitative estimate of drug-likeness (QED) is 0.299. The summed E-state index contributed by atoms with van der Waals surface area (Å²) in [7, 11) is 3.12. The van der Waals surface area contributed by atoms with Crippen molar-refractivity contribution >= 4 is 18.0 Å². The van der Waals surface area contributed by atoms with E-state index in [-0.39, 0.29) is 6.54 Å². The summed E-state index contributed by atoms with van der Waals surface area (Å²) in [5.41, 5.74) is 4.75. The molecular weight excluding hydrogens is 422 g/mol. The highest BCUT2D eigenvalue weighted by molar-refractivity contribution is 6.35. The Bertz CT molecular complexity index is 1100. The number of carbonyl (C=O) groups excluding carboxylic acids is 2. The van der Waals surface area contributed by atoms with Crippen molar-refractivity contribution in [1.29, 1.82) is 0 Å². The third-order valence-electron chi connectivity index (χ3n) is 4.62. The van der Waals surface area contributed by atoms with Crippen molar-refractivity contribution in [3.63, 3.8) is 0 Å². The lowest BCUT2D eigenvalue weighted by atomic mass is 10.2. The van der Waals surface area contributed by atoms with E-state index >= 15 is 0 Å². The van der Waals surface area contributed by atoms with Gasteiger partial charge in [-0.15, -0.1) is 0 Å². The molecule has 0 aliphatic rings. The lowest BCUT2D eigenvalue weighted by Gasteiger charge is -2.11. The Morgan fingerprint density at radius 1 is 0.848 bits per heavy atom. The molecule has 0 aliphatic carbocycles. The first-order valence-electron chi connectivity index (χ1n) is 10.2. The average molecular weight is 447 g/mol. The molecule has 0 heterocycles. The number of amides is 2. The van der Waals surface area contributed by atoms with E-state index in [1.807, 2.05) is 30.3 Å². The van der Waals surface area contributed by atoms with Gasteiger partial charge in [-0.05, 0) is 47.0 Å². The minimum Gasteiger partial charge on any atom is -0.497 e. The number of nitrogens with one attached hydrogen (secondary N) is 2. The van der Waals surface area contributed by atoms with Crippen molar-refractivity contribution in [1.82, 2.24) is 10.7 Å². The number of rotatable bonds is 9. The Morgan fingerprint density at radius 2 is 1.61 bits per heavy atom. The summed E-state index contributed by atoms with van der Waals surface area (Å²) in [5.74, 6) is 0.170. The first-order chi connectivity index (χ1) is 16.1. The smallest absolute Gasteiger partial charge is 0.329 e. The van der Waals surface area contributed by atoms with E-state index < -0.39 is 11.8 Å². The van der Waals surface area contributed by atoms with E-state index in [9.17, 15) is 9.59 Å². The number of hydrogen-bond acceptors (Lipinski definition) is 6. The fourth-order valence-electron chi connectivity index (χ4n) is 2.84. The summed E-state index contributed by atoms with van der Waals surface area (Å²) in [4.78, 5) is 23.9. The molecule has 0 fully saturated rings. The van der Waals surface area contributed by atoms with Crippen molar-refractivity contribution in [2.75, 3.05) is 14.2 Å². The first kappa shape index (κ1) is 23.3. The van der Waals surface area contributed by atoms with E-state index in [4.69, 9.17) is 14.2 Å². The lowest BCUT2D eigenvalue weighted by Crippen LogP contribution is -2.37. The highest BCUT2D eigenvalue weighted by atomic mass is 16.5. The largest absolute Gasteiger partial charge is 0.497 e. The van der Waals surface area contributed by atoms with Gasteiger partial charge >= 0.3 is 11.8 Å². The van der Waals surface area contributed by atoms with Crippen molar-refractivity contribution < 1.29 is 23.8 Å². The molecule has 8 heteroatoms. The Kier molecular flexibility index (Phi) is 8.41. The summed E-state index contributed by atoms with van der Waals surface area (Å²) in [5, 5.41) is 6.38. The maximum atomic E-state index is 12.0. The molecular formula is C25H25N3O5. The maximum Gasteiger partial charge on any atom is 0.329 e. The number of ether oxygens (including phenoxy) is 3. The topological polar surface area (TPSA) is 98.2 Å². The molecule has 33 heavy (non-hydrogen) atoms. The van der Waals surface area contributed by atoms with Crippen LogP contribution in [-0.4, -0.2) is 32.2 Å². The van der Waals surface area contributed by atoms with Gasteiger partial charge in [0.15, 0.2) is 11.5 Å². The van der Waals surface area contributed by atoms with Crippen LogP contribution < -0.4 is 25.0 Å². The number of benzene rings is 3. The van der Waals surface area contributed by atoms with Gasteiger partial charge < -0.3 is 19.5 Å². The Morgan fingerprint density at radius 3 is 2.30 bits per heavy atom. The number of hydrazone groups is 1. The second kappa shape index (κ2) is 11.9. The summed E-state index contributed by atoms with van der Waals surface area (Å²) in [6, 6.07) is 22.2. The minimum atomic E-state index is -0.866. The maximum absolute atomic E-state index is 12.0. The minimum absolute atomic E-state index is 0.210. The van der Waals surface area contributed by atoms with Gasteiger partial charge in [-0.2, -0.15) is 5.10 Å². The van der Waals surface area contributed by atoms with Gasteiger partial charge in [0, 0.05) is 6.54 Å². The summed E-state index contributed by atoms with van der Waals surface area (Å²) < 4.78 is 16.3. The molecule has 2 N–H and O–H groups in total. The van der Waals surface area contributed by atoms with Gasteiger partial charge in [-0.3, -0.25) is 9.59 Å². The molecule has 0 atom stereocenters. The van der Waals surface area contributed by atoms with E-state index in [0.29, 0.717) is 29.4 Å². The van der Waals surface area contributed by atoms with Crippen LogP contribution >= 0.6 is 0 Å². The van der Waals surface area contributed by atoms with Crippen LogP contribution in [0.1, 0.15) is 16.7 Å². The second-order valence-electron chi connectivity index (χ2n) is 6.91. The molecule has 3 aromatic rings. The summed E-state index contributed by atoms with van der Waals surface area (Å²) >= 11 is 0. The van der Waals surface area contributed by atoms with Crippen LogP contribution in [0.2, 0.25) is 0 Å². The van der Waals surface area contributed by atoms with Crippen molar-refractivity contribution in [3.05, 3.63) is 89.5 Å². The van der Waals surface area contributed by atoms with Crippen LogP contribution in [0.4, 0.5) is 0 Å². The van der Waals surface area contributed by atoms with Gasteiger partial charge in [-0.1, -0.05) is 42.5 Å². The fraction of sp³-hybridized carbons (Fsp3) is 0.160. The van der Waals surface area contributed by atoms with Crippen molar-refractivity contribution in [2.45, 2.75) is 13.2 Å². The van der Waals surface area contributed by atoms with Crippen LogP contribution in [0, 0.1) is 0 Å². The highest BCUT2D eigenvalue weighted by Gasteiger charge is 2.12. The normalized spacial score (nSPS) is 10.5. The zero-order valence-corrected chi connectivity index (χ0v) is 18.4. The molecule has 0 unspecified atom stereocenters. The highest BCUT2D eigenvalue weighted by Crippen LogP contribution is 2.28. The van der Waals surface area contributed by atoms with Gasteiger partial charge in [-0.25, -0.2) is 5.43 Å². The predicted octanol–water partition coefficient (Wildman–Crippen LogP) is 3.05. The second-order valence-corrected chi connectivity index (χ2v) is 6.91. The van der Waals surface area contributed by atoms with E-state index in [1.165, 1.54) is 6.21 Å². The number of carbonyl (C=O) groups is 2. The molecule has 0 bridgehead atoms. The van der Waals surface area contributed by atoms with E-state index in [0.717, 1.165) is 11.1 Å². The van der Waals surface area contributed by atoms with Gasteiger partial charge in [0.25, 0.3) is 0 Å². The lowest BCUT2D eigenvalue weighted by molar-refractivity contribution is -0.139. The zero-order chi connectivity index (χ0) is 23.5. The van der Waals surface area contributed by atoms with Gasteiger partial charge in [0.2, 0.25) is 0 Å². The third kappa shape index (κ3) is 7.10. The van der Waals surface area contributed by atoms with Crippen molar-refractivity contribution in [3.8, 4) is 17.2 Å². The predicted molar refractivity (Wildman–Crippen MR) is 124 cm³/mol. The number of nitrogens with zero attached hydrogens (tertiary/aromatic N) is 1. The fourth-order valence-corrected chi connectivity index (χ4v) is 2.84. The standard InChI is InChI=1S/C25H25N3O5/c1-31-21-11-8-18(9-12-21)15-26-24(29)25(30)28-27-16-20-10-13-22(23(14-20)32-2)33-17-19-6-4-3-5-7-19/h3-14,16H,15,17H2,1-2H3,(H,26,29)(H,28,30)/b27-16-. The molecule has 3 rings (SSSR count). The Hall–Kier alpha value is -4.33. The summed E-state index contributed by atoms with van der Waals surface area (Å²) in [6.45, 7) is 0.619. The molecule has 2 amide bonds. The third-order valence-corrected chi connectivity index (χ3v) is 4.62. The molecule has 0 radical (unpaired) electrons. The van der Waals surface area contributed by atoms with Gasteiger partial charge in [0.1, 0.15) is 12.4 Å². The molecule has 0 saturated heterocycles. The monoisotopic (exact) mass is 447 g/mol. The Labute approximate surface area is 192 Å². The average Bonchev–Trinajstić information content (AvgIpc) is 2.87. The van der Waals surface area contributed by atoms with E-state index in [1.54, 1.807) is 56.7 Å².